The summed E-state index contributed by atoms with van der Waals surface area (Å²) in [6, 6.07) is 9.75. The van der Waals surface area contributed by atoms with E-state index < -0.39 is 11.7 Å². The molecule has 1 aliphatic rings. The maximum Gasteiger partial charge on any atom is 0.274 e. The highest BCUT2D eigenvalue weighted by molar-refractivity contribution is 7.97. The summed E-state index contributed by atoms with van der Waals surface area (Å²) in [6.07, 6.45) is 3.18. The molecule has 1 amide bonds. The Morgan fingerprint density at radius 1 is 1.32 bits per heavy atom. The minimum absolute atomic E-state index is 0.0360. The first kappa shape index (κ1) is 19.7. The number of pyridine rings is 1. The van der Waals surface area contributed by atoms with Crippen LogP contribution in [-0.2, 0) is 0 Å². The molecule has 10 heteroatoms. The number of anilines is 1. The normalized spacial score (nSPS) is 14.6. The molecule has 4 heterocycles. The molecule has 1 aromatic carbocycles. The summed E-state index contributed by atoms with van der Waals surface area (Å²) in [6.45, 7) is 3.84. The lowest BCUT2D eigenvalue weighted by molar-refractivity contribution is 0.102. The monoisotopic (exact) mass is 438 g/mol. The molecule has 1 aliphatic heterocycles. The molecular formula is C21H19FN6O2S. The van der Waals surface area contributed by atoms with E-state index in [1.54, 1.807) is 40.7 Å². The lowest BCUT2D eigenvalue weighted by Crippen LogP contribution is -2.40. The Hall–Kier alpha value is -3.24. The molecule has 0 radical (unpaired) electrons. The van der Waals surface area contributed by atoms with Crippen LogP contribution in [0.5, 0.6) is 0 Å². The third kappa shape index (κ3) is 3.79. The van der Waals surface area contributed by atoms with Crippen LogP contribution in [0.1, 0.15) is 29.2 Å². The fourth-order valence-corrected chi connectivity index (χ4v) is 4.38. The Kier molecular flexibility index (Phi) is 5.16. The number of carbonyl (C=O) groups is 1. The van der Waals surface area contributed by atoms with Crippen molar-refractivity contribution in [1.29, 1.82) is 0 Å². The zero-order chi connectivity index (χ0) is 21.4. The standard InChI is InChI=1S/C21H19FN6O2S/c1-2-31-27-11-14(12-27)21-25-19(26-30-21)13-6-7-15(22)16(9-13)24-20(29)17-10-23-18-5-3-4-8-28(17)18/h3-10,14H,2,11-12H2,1H3,(H,24,29). The zero-order valence-electron chi connectivity index (χ0n) is 16.7. The van der Waals surface area contributed by atoms with E-state index in [0.717, 1.165) is 18.8 Å². The molecule has 1 N–H and O–H groups in total. The molecular weight excluding hydrogens is 419 g/mol. The molecule has 0 spiro atoms. The van der Waals surface area contributed by atoms with Gasteiger partial charge in [0.05, 0.1) is 17.8 Å². The number of halogens is 1. The Bertz CT molecular complexity index is 1250. The Morgan fingerprint density at radius 3 is 3.03 bits per heavy atom. The van der Waals surface area contributed by atoms with E-state index in [2.05, 4.69) is 31.7 Å². The van der Waals surface area contributed by atoms with Crippen molar-refractivity contribution >= 4 is 29.2 Å². The van der Waals surface area contributed by atoms with Gasteiger partial charge in [-0.15, -0.1) is 0 Å². The first-order valence-corrected chi connectivity index (χ1v) is 10.8. The van der Waals surface area contributed by atoms with E-state index in [9.17, 15) is 9.18 Å². The molecule has 0 atom stereocenters. The SMILES string of the molecule is CCSN1CC(c2nc(-c3ccc(F)c(NC(=O)c4cnc5ccccn45)c3)no2)C1. The van der Waals surface area contributed by atoms with Crippen LogP contribution in [-0.4, -0.2) is 48.6 Å². The van der Waals surface area contributed by atoms with Gasteiger partial charge in [0.25, 0.3) is 5.91 Å². The number of fused-ring (bicyclic) bond motifs is 1. The molecule has 3 aromatic heterocycles. The number of amides is 1. The second-order valence-corrected chi connectivity index (χ2v) is 8.49. The highest BCUT2D eigenvalue weighted by Crippen LogP contribution is 2.32. The number of nitrogens with zero attached hydrogens (tertiary/aromatic N) is 5. The maximum atomic E-state index is 14.4. The molecule has 31 heavy (non-hydrogen) atoms. The number of carbonyl (C=O) groups excluding carboxylic acids is 1. The summed E-state index contributed by atoms with van der Waals surface area (Å²) >= 11 is 1.78. The third-order valence-electron chi connectivity index (χ3n) is 5.07. The highest BCUT2D eigenvalue weighted by Gasteiger charge is 2.32. The van der Waals surface area contributed by atoms with Crippen molar-refractivity contribution in [2.75, 3.05) is 24.2 Å². The van der Waals surface area contributed by atoms with Crippen molar-refractivity contribution in [1.82, 2.24) is 23.8 Å². The van der Waals surface area contributed by atoms with Crippen LogP contribution in [0.2, 0.25) is 0 Å². The van der Waals surface area contributed by atoms with Crippen molar-refractivity contribution in [3.05, 3.63) is 66.2 Å². The summed E-state index contributed by atoms with van der Waals surface area (Å²) in [5.74, 6) is 1.15. The maximum absolute atomic E-state index is 14.4. The van der Waals surface area contributed by atoms with Gasteiger partial charge >= 0.3 is 0 Å². The van der Waals surface area contributed by atoms with Crippen LogP contribution in [0.4, 0.5) is 10.1 Å². The largest absolute Gasteiger partial charge is 0.339 e. The lowest BCUT2D eigenvalue weighted by atomic mass is 10.0. The van der Waals surface area contributed by atoms with Gasteiger partial charge in [-0.1, -0.05) is 30.1 Å². The molecule has 0 unspecified atom stereocenters. The number of nitrogens with one attached hydrogen (secondary N) is 1. The Balaban J connectivity index is 1.35. The fraction of sp³-hybridized carbons (Fsp3) is 0.238. The van der Waals surface area contributed by atoms with Gasteiger partial charge in [0, 0.05) is 30.6 Å². The molecule has 1 saturated heterocycles. The summed E-state index contributed by atoms with van der Waals surface area (Å²) in [7, 11) is 0. The van der Waals surface area contributed by atoms with Crippen LogP contribution in [0.25, 0.3) is 17.0 Å². The first-order chi connectivity index (χ1) is 15.1. The van der Waals surface area contributed by atoms with Gasteiger partial charge in [-0.2, -0.15) is 4.98 Å². The van der Waals surface area contributed by atoms with Crippen LogP contribution < -0.4 is 5.32 Å². The van der Waals surface area contributed by atoms with E-state index in [-0.39, 0.29) is 11.6 Å². The van der Waals surface area contributed by atoms with Gasteiger partial charge in [0.1, 0.15) is 17.2 Å². The van der Waals surface area contributed by atoms with Crippen LogP contribution >= 0.6 is 11.9 Å². The second kappa shape index (κ2) is 8.12. The van der Waals surface area contributed by atoms with Crippen molar-refractivity contribution in [2.24, 2.45) is 0 Å². The molecule has 5 rings (SSSR count). The molecule has 0 saturated carbocycles. The highest BCUT2D eigenvalue weighted by atomic mass is 32.2. The molecule has 0 bridgehead atoms. The minimum atomic E-state index is -0.555. The summed E-state index contributed by atoms with van der Waals surface area (Å²) in [5.41, 5.74) is 1.53. The smallest absolute Gasteiger partial charge is 0.274 e. The Morgan fingerprint density at radius 2 is 2.19 bits per heavy atom. The zero-order valence-corrected chi connectivity index (χ0v) is 17.5. The quantitative estimate of drug-likeness (QED) is 0.458. The molecule has 8 nitrogen and oxygen atoms in total. The summed E-state index contributed by atoms with van der Waals surface area (Å²) in [4.78, 5) is 21.4. The van der Waals surface area contributed by atoms with Gasteiger partial charge in [0.15, 0.2) is 0 Å². The van der Waals surface area contributed by atoms with Crippen molar-refractivity contribution in [2.45, 2.75) is 12.8 Å². The molecule has 158 valence electrons. The van der Waals surface area contributed by atoms with Gasteiger partial charge in [-0.3, -0.25) is 9.20 Å². The van der Waals surface area contributed by atoms with Crippen LogP contribution in [0.15, 0.2) is 53.3 Å². The van der Waals surface area contributed by atoms with E-state index in [1.165, 1.54) is 18.3 Å². The van der Waals surface area contributed by atoms with E-state index in [4.69, 9.17) is 4.52 Å². The average molecular weight is 438 g/mol. The van der Waals surface area contributed by atoms with E-state index >= 15 is 0 Å². The number of rotatable bonds is 6. The van der Waals surface area contributed by atoms with E-state index in [1.807, 2.05) is 6.07 Å². The topological polar surface area (TPSA) is 88.6 Å². The van der Waals surface area contributed by atoms with Crippen molar-refractivity contribution < 1.29 is 13.7 Å². The number of aromatic nitrogens is 4. The third-order valence-corrected chi connectivity index (χ3v) is 5.99. The van der Waals surface area contributed by atoms with Crippen LogP contribution in [0, 0.1) is 5.82 Å². The number of imidazole rings is 1. The summed E-state index contributed by atoms with van der Waals surface area (Å²) < 4.78 is 23.7. The number of hydrogen-bond acceptors (Lipinski definition) is 7. The van der Waals surface area contributed by atoms with Gasteiger partial charge in [-0.25, -0.2) is 13.7 Å². The minimum Gasteiger partial charge on any atom is -0.339 e. The predicted molar refractivity (Wildman–Crippen MR) is 115 cm³/mol. The predicted octanol–water partition coefficient (Wildman–Crippen LogP) is 3.84. The van der Waals surface area contributed by atoms with Crippen molar-refractivity contribution in [3.63, 3.8) is 0 Å². The second-order valence-electron chi connectivity index (χ2n) is 7.14. The van der Waals surface area contributed by atoms with Gasteiger partial charge in [-0.05, 0) is 30.3 Å². The van der Waals surface area contributed by atoms with Gasteiger partial charge < -0.3 is 9.84 Å². The number of benzene rings is 1. The fourth-order valence-electron chi connectivity index (χ4n) is 3.45. The molecule has 4 aromatic rings. The average Bonchev–Trinajstić information content (AvgIpc) is 3.39. The Labute approximate surface area is 181 Å². The van der Waals surface area contributed by atoms with Crippen molar-refractivity contribution in [3.8, 4) is 11.4 Å². The number of hydrogen-bond donors (Lipinski definition) is 1. The first-order valence-electron chi connectivity index (χ1n) is 9.87. The molecule has 1 fully saturated rings. The van der Waals surface area contributed by atoms with Gasteiger partial charge in [0.2, 0.25) is 11.7 Å². The van der Waals surface area contributed by atoms with E-state index in [0.29, 0.717) is 28.6 Å². The van der Waals surface area contributed by atoms with Crippen LogP contribution in [0.3, 0.4) is 0 Å². The summed E-state index contributed by atoms with van der Waals surface area (Å²) in [5, 5.41) is 6.66. The molecule has 0 aliphatic carbocycles. The lowest BCUT2D eigenvalue weighted by Gasteiger charge is -2.35.